The number of nitrogens with two attached hydrogens (primary N) is 1. The van der Waals surface area contributed by atoms with Crippen molar-refractivity contribution in [2.75, 3.05) is 13.1 Å². The number of carbonyl (C=O) groups excluding carboxylic acids is 8. The number of primary amides is 1. The van der Waals surface area contributed by atoms with Crippen LogP contribution in [0.25, 0.3) is 0 Å². The predicted molar refractivity (Wildman–Crippen MR) is 265 cm³/mol. The van der Waals surface area contributed by atoms with Gasteiger partial charge < -0.3 is 88.1 Å². The maximum atomic E-state index is 14.4. The van der Waals surface area contributed by atoms with E-state index in [2.05, 4.69) is 47.4 Å². The number of carbonyl (C=O) groups is 8. The molecule has 1 aromatic rings. The Bertz CT molecular complexity index is 2100. The van der Waals surface area contributed by atoms with Crippen molar-refractivity contribution in [3.05, 3.63) is 29.8 Å². The fraction of sp³-hybridized carbons (Fsp3) is 0.720. The molecule has 8 amide bonds. The van der Waals surface area contributed by atoms with Crippen LogP contribution in [0.5, 0.6) is 5.75 Å². The highest BCUT2D eigenvalue weighted by Gasteiger charge is 2.48. The number of phenols is 1. The fourth-order valence-electron chi connectivity index (χ4n) is 9.77. The zero-order chi connectivity index (χ0) is 55.8. The predicted octanol–water partition coefficient (Wildman–Crippen LogP) is -3.34. The summed E-state index contributed by atoms with van der Waals surface area (Å²) < 4.78 is 0. The number of nitrogens with one attached hydrogen (secondary N) is 5. The van der Waals surface area contributed by atoms with Crippen molar-refractivity contribution in [1.29, 1.82) is 0 Å². The maximum absolute atomic E-state index is 14.4. The molecule has 0 bridgehead atoms. The van der Waals surface area contributed by atoms with Gasteiger partial charge >= 0.3 is 0 Å². The molecule has 16 N–H and O–H groups in total. The molecule has 0 saturated carbocycles. The number of nitrogens with zero attached hydrogens (tertiary/aromatic N) is 2. The number of rotatable bonds is 20. The third-order valence-corrected chi connectivity index (χ3v) is 14.3. The number of aliphatic hydroxyl groups is 8. The molecule has 25 heteroatoms. The van der Waals surface area contributed by atoms with E-state index in [1.165, 1.54) is 6.42 Å². The first-order chi connectivity index (χ1) is 35.3. The van der Waals surface area contributed by atoms with Gasteiger partial charge in [0.15, 0.2) is 6.23 Å². The van der Waals surface area contributed by atoms with Crippen molar-refractivity contribution in [2.24, 2.45) is 17.6 Å². The summed E-state index contributed by atoms with van der Waals surface area (Å²) in [6, 6.07) is -7.16. The van der Waals surface area contributed by atoms with Gasteiger partial charge in [0.05, 0.1) is 30.8 Å². The van der Waals surface area contributed by atoms with Crippen LogP contribution in [-0.2, 0) is 38.4 Å². The second-order valence-electron chi connectivity index (χ2n) is 20.6. The van der Waals surface area contributed by atoms with Crippen LogP contribution in [0.2, 0.25) is 0 Å². The number of fused-ring (bicyclic) bond motifs is 2. The monoisotopic (exact) mass is 1060 g/mol. The molecule has 1 aromatic carbocycles. The molecule has 3 fully saturated rings. The van der Waals surface area contributed by atoms with E-state index in [1.807, 2.05) is 0 Å². The highest BCUT2D eigenvalue weighted by molar-refractivity contribution is 5.98. The molecule has 7 unspecified atom stereocenters. The SMILES string of the molecule is CCC(C)CC(C)CCCCCCCCC(=O)N[C@@H]1C[C@@H](O)[C@@H](O)NC(=O)C2C[C@@H](O)CN2C(=O)C([C@H](O)CC(N)=O)NC(=O)C([C@H](O)[C@H](O)c2ccc(O)cc2)NC(=O)C2C[C@@H](O)CN2C(=O)C([C@@H](C)O)NC1=O. The molecule has 0 aromatic heterocycles. The Labute approximate surface area is 436 Å². The molecule has 3 heterocycles. The van der Waals surface area contributed by atoms with Crippen LogP contribution >= 0.6 is 0 Å². The Morgan fingerprint density at radius 1 is 0.680 bits per heavy atom. The van der Waals surface area contributed by atoms with Gasteiger partial charge in [-0.25, -0.2) is 0 Å². The quantitative estimate of drug-likeness (QED) is 0.0568. The van der Waals surface area contributed by atoms with Crippen LogP contribution in [0.15, 0.2) is 24.3 Å². The van der Waals surface area contributed by atoms with Crippen molar-refractivity contribution < 1.29 is 84.3 Å². The topological polar surface area (TPSA) is 411 Å². The summed E-state index contributed by atoms with van der Waals surface area (Å²) >= 11 is 0. The summed E-state index contributed by atoms with van der Waals surface area (Å²) in [4.78, 5) is 112. The first-order valence-corrected chi connectivity index (χ1v) is 26.0. The van der Waals surface area contributed by atoms with E-state index in [0.29, 0.717) is 29.6 Å². The third-order valence-electron chi connectivity index (χ3n) is 14.3. The number of amides is 8. The summed E-state index contributed by atoms with van der Waals surface area (Å²) in [6.07, 6.45) is -10.0. The molecule has 422 valence electrons. The van der Waals surface area contributed by atoms with Crippen LogP contribution in [0.1, 0.15) is 129 Å². The number of unbranched alkanes of at least 4 members (excludes halogenated alkanes) is 5. The normalized spacial score (nSPS) is 29.0. The van der Waals surface area contributed by atoms with Gasteiger partial charge in [-0.15, -0.1) is 0 Å². The Morgan fingerprint density at radius 3 is 1.76 bits per heavy atom. The first-order valence-electron chi connectivity index (χ1n) is 26.0. The molecule has 0 radical (unpaired) electrons. The Morgan fingerprint density at radius 2 is 1.20 bits per heavy atom. The van der Waals surface area contributed by atoms with Crippen molar-refractivity contribution in [3.8, 4) is 5.75 Å². The van der Waals surface area contributed by atoms with Gasteiger partial charge in [0.2, 0.25) is 47.3 Å². The molecule has 0 spiro atoms. The highest BCUT2D eigenvalue weighted by Crippen LogP contribution is 2.27. The minimum Gasteiger partial charge on any atom is -0.508 e. The average Bonchev–Trinajstić information content (AvgIpc) is 3.95. The molecule has 4 rings (SSSR count). The summed E-state index contributed by atoms with van der Waals surface area (Å²) in [5.74, 6) is -8.48. The zero-order valence-electron chi connectivity index (χ0n) is 43.1. The van der Waals surface area contributed by atoms with Gasteiger partial charge in [-0.2, -0.15) is 0 Å². The van der Waals surface area contributed by atoms with E-state index in [0.717, 1.165) is 74.6 Å². The van der Waals surface area contributed by atoms with Crippen LogP contribution in [0, 0.1) is 11.8 Å². The largest absolute Gasteiger partial charge is 0.508 e. The van der Waals surface area contributed by atoms with Gasteiger partial charge in [-0.1, -0.05) is 77.8 Å². The molecule has 25 nitrogen and oxygen atoms in total. The highest BCUT2D eigenvalue weighted by atomic mass is 16.3. The van der Waals surface area contributed by atoms with E-state index in [1.54, 1.807) is 0 Å². The van der Waals surface area contributed by atoms with Gasteiger partial charge in [-0.05, 0) is 49.3 Å². The lowest BCUT2D eigenvalue weighted by molar-refractivity contribution is -0.148. The smallest absolute Gasteiger partial charge is 0.248 e. The maximum Gasteiger partial charge on any atom is 0.248 e. The van der Waals surface area contributed by atoms with E-state index in [9.17, 15) is 84.3 Å². The van der Waals surface area contributed by atoms with Crippen LogP contribution in [-0.4, -0.2) is 195 Å². The minimum absolute atomic E-state index is 0.0751. The second-order valence-corrected chi connectivity index (χ2v) is 20.6. The van der Waals surface area contributed by atoms with Crippen molar-refractivity contribution >= 4 is 47.3 Å². The van der Waals surface area contributed by atoms with E-state index in [-0.39, 0.29) is 17.7 Å². The Hall–Kier alpha value is -5.54. The number of hydrogen-bond acceptors (Lipinski definition) is 17. The number of benzene rings is 1. The summed E-state index contributed by atoms with van der Waals surface area (Å²) in [5.41, 5.74) is 5.21. The van der Waals surface area contributed by atoms with Crippen LogP contribution in [0.4, 0.5) is 0 Å². The van der Waals surface area contributed by atoms with E-state index in [4.69, 9.17) is 5.73 Å². The molecular weight excluding hydrogens is 985 g/mol. The lowest BCUT2D eigenvalue weighted by atomic mass is 9.91. The minimum atomic E-state index is -2.36. The fourth-order valence-corrected chi connectivity index (χ4v) is 9.77. The third kappa shape index (κ3) is 18.0. The number of aliphatic hydroxyl groups excluding tert-OH is 8. The molecule has 16 atom stereocenters. The van der Waals surface area contributed by atoms with Crippen molar-refractivity contribution in [1.82, 2.24) is 36.4 Å². The van der Waals surface area contributed by atoms with Gasteiger partial charge in [0.1, 0.15) is 60.3 Å². The summed E-state index contributed by atoms with van der Waals surface area (Å²) in [5, 5.41) is 110. The lowest BCUT2D eigenvalue weighted by Gasteiger charge is -2.34. The number of phenolic OH excluding ortho intramolecular Hbond substituents is 1. The molecule has 3 aliphatic heterocycles. The molecule has 3 saturated heterocycles. The second kappa shape index (κ2) is 29.1. The summed E-state index contributed by atoms with van der Waals surface area (Å²) in [6.45, 7) is 6.57. The summed E-state index contributed by atoms with van der Waals surface area (Å²) in [7, 11) is 0. The van der Waals surface area contributed by atoms with Gasteiger partial charge in [0, 0.05) is 38.8 Å². The van der Waals surface area contributed by atoms with Gasteiger partial charge in [-0.3, -0.25) is 38.4 Å². The Balaban J connectivity index is 1.69. The van der Waals surface area contributed by atoms with Gasteiger partial charge in [0.25, 0.3) is 0 Å². The van der Waals surface area contributed by atoms with Crippen molar-refractivity contribution in [2.45, 2.75) is 203 Å². The lowest BCUT2D eigenvalue weighted by Crippen LogP contribution is -2.64. The van der Waals surface area contributed by atoms with E-state index >= 15 is 0 Å². The molecule has 75 heavy (non-hydrogen) atoms. The van der Waals surface area contributed by atoms with Crippen LogP contribution < -0.4 is 32.3 Å². The number of aromatic hydroxyl groups is 1. The number of hydrogen-bond donors (Lipinski definition) is 15. The van der Waals surface area contributed by atoms with Crippen LogP contribution in [0.3, 0.4) is 0 Å². The zero-order valence-corrected chi connectivity index (χ0v) is 43.1. The first kappa shape index (κ1) is 62.0. The van der Waals surface area contributed by atoms with E-state index < -0.39 is 171 Å². The molecule has 3 aliphatic rings. The molecule has 0 aliphatic carbocycles. The Kier molecular flexibility index (Phi) is 24.1. The van der Waals surface area contributed by atoms with Crippen molar-refractivity contribution in [3.63, 3.8) is 0 Å². The molecular formula is C50H80N8O17. The average molecular weight is 1070 g/mol. The standard InChI is InChI=1S/C50H80N8O17/c1-5-25(2)18-26(3)12-10-8-6-7-9-11-13-38(66)52-32-21-36(64)47(72)56-46(71)34-20-31(62)24-58(34)50(75)40(35(63)22-37(51)65)54-48(73)41(43(68)42(67)28-14-16-29(60)17-15-28)55-45(70)33-19-30(61)23-57(33)49(74)39(27(4)59)53-44(32)69/h14-17,25-27,30-36,39-43,47,59-64,67-68,72H,5-13,18-24H2,1-4H3,(H2,51,65)(H,52,66)(H,53,69)(H,54,73)(H,55,70)(H,56,71)/t25?,26?,27-,30-,31-,32-,33?,34?,35-,36-,39?,40?,41?,42-,43+,47-/m1/s1.